The molecule has 1 aliphatic rings. The highest BCUT2D eigenvalue weighted by Gasteiger charge is 1.91. The lowest BCUT2D eigenvalue weighted by molar-refractivity contribution is 1.03. The van der Waals surface area contributed by atoms with Crippen LogP contribution in [0.3, 0.4) is 0 Å². The van der Waals surface area contributed by atoms with E-state index in [0.29, 0.717) is 0 Å². The lowest BCUT2D eigenvalue weighted by atomic mass is 10.1. The summed E-state index contributed by atoms with van der Waals surface area (Å²) in [7, 11) is 0. The number of hydrogen-bond donors (Lipinski definition) is 0. The van der Waals surface area contributed by atoms with Gasteiger partial charge in [0, 0.05) is 5.57 Å². The maximum Gasteiger partial charge on any atom is 0.0988 e. The number of rotatable bonds is 0. The molecule has 0 spiro atoms. The second-order valence-corrected chi connectivity index (χ2v) is 1.75. The summed E-state index contributed by atoms with van der Waals surface area (Å²) in [5, 5.41) is 8.32. The molecule has 0 aliphatic heterocycles. The van der Waals surface area contributed by atoms with Gasteiger partial charge >= 0.3 is 0 Å². The predicted octanol–water partition coefficient (Wildman–Crippen LogP) is 2.81. The van der Waals surface area contributed by atoms with Crippen molar-refractivity contribution in [3.8, 4) is 6.07 Å². The van der Waals surface area contributed by atoms with Crippen molar-refractivity contribution in [2.75, 3.05) is 0 Å². The molecular weight excluding hydrogens is 122 g/mol. The minimum Gasteiger partial charge on any atom is -0.192 e. The largest absolute Gasteiger partial charge is 0.192 e. The van der Waals surface area contributed by atoms with Crippen LogP contribution in [0.2, 0.25) is 0 Å². The van der Waals surface area contributed by atoms with Crippen molar-refractivity contribution in [2.45, 2.75) is 26.7 Å². The molecule has 0 amide bonds. The molecule has 0 saturated heterocycles. The number of nitriles is 1. The molecule has 10 heavy (non-hydrogen) atoms. The lowest BCUT2D eigenvalue weighted by Gasteiger charge is -1.94. The highest BCUT2D eigenvalue weighted by molar-refractivity contribution is 5.34. The Morgan fingerprint density at radius 1 is 1.40 bits per heavy atom. The first-order chi connectivity index (χ1) is 4.93. The summed E-state index contributed by atoms with van der Waals surface area (Å²) in [6.45, 7) is 4.00. The van der Waals surface area contributed by atoms with Crippen LogP contribution in [0.5, 0.6) is 0 Å². The summed E-state index contributed by atoms with van der Waals surface area (Å²) in [5.74, 6) is 0. The summed E-state index contributed by atoms with van der Waals surface area (Å²) >= 11 is 0. The van der Waals surface area contributed by atoms with Crippen molar-refractivity contribution in [2.24, 2.45) is 0 Å². The summed E-state index contributed by atoms with van der Waals surface area (Å²) in [5.41, 5.74) is 0.802. The Morgan fingerprint density at radius 2 is 2.10 bits per heavy atom. The summed E-state index contributed by atoms with van der Waals surface area (Å²) in [4.78, 5) is 0. The lowest BCUT2D eigenvalue weighted by Crippen LogP contribution is -1.78. The molecule has 1 heteroatoms. The van der Waals surface area contributed by atoms with E-state index in [1.54, 1.807) is 0 Å². The average Bonchev–Trinajstić information content (AvgIpc) is 2.10. The summed E-state index contributed by atoms with van der Waals surface area (Å²) < 4.78 is 0. The second kappa shape index (κ2) is 6.10. The van der Waals surface area contributed by atoms with E-state index in [9.17, 15) is 0 Å². The third-order valence-corrected chi connectivity index (χ3v) is 1.12. The van der Waals surface area contributed by atoms with Crippen LogP contribution in [0.15, 0.2) is 23.8 Å². The first-order valence-corrected chi connectivity index (χ1v) is 3.70. The first kappa shape index (κ1) is 8.97. The van der Waals surface area contributed by atoms with Gasteiger partial charge in [0.2, 0.25) is 0 Å². The van der Waals surface area contributed by atoms with E-state index in [1.807, 2.05) is 32.1 Å². The fraction of sp³-hybridized carbons (Fsp3) is 0.444. The zero-order chi connectivity index (χ0) is 7.82. The Labute approximate surface area is 62.7 Å². The molecule has 0 aromatic rings. The molecule has 0 aromatic carbocycles. The second-order valence-electron chi connectivity index (χ2n) is 1.75. The van der Waals surface area contributed by atoms with Crippen LogP contribution in [0, 0.1) is 11.3 Å². The van der Waals surface area contributed by atoms with Gasteiger partial charge in [0.15, 0.2) is 0 Å². The van der Waals surface area contributed by atoms with Gasteiger partial charge in [0.25, 0.3) is 0 Å². The van der Waals surface area contributed by atoms with Gasteiger partial charge in [0.1, 0.15) is 0 Å². The van der Waals surface area contributed by atoms with Crippen molar-refractivity contribution in [3.05, 3.63) is 23.8 Å². The van der Waals surface area contributed by atoms with E-state index in [1.165, 1.54) is 0 Å². The van der Waals surface area contributed by atoms with Crippen molar-refractivity contribution in [1.82, 2.24) is 0 Å². The van der Waals surface area contributed by atoms with Crippen LogP contribution in [0.4, 0.5) is 0 Å². The number of nitrogens with zero attached hydrogens (tertiary/aromatic N) is 1. The Hall–Kier alpha value is -1.03. The van der Waals surface area contributed by atoms with E-state index in [0.717, 1.165) is 18.4 Å². The molecule has 0 N–H and O–H groups in total. The highest BCUT2D eigenvalue weighted by atomic mass is 14.2. The fourth-order valence-corrected chi connectivity index (χ4v) is 0.696. The highest BCUT2D eigenvalue weighted by Crippen LogP contribution is 2.07. The van der Waals surface area contributed by atoms with Gasteiger partial charge in [-0.1, -0.05) is 26.0 Å². The van der Waals surface area contributed by atoms with Crippen molar-refractivity contribution >= 4 is 0 Å². The van der Waals surface area contributed by atoms with Crippen molar-refractivity contribution < 1.29 is 0 Å². The topological polar surface area (TPSA) is 23.8 Å². The standard InChI is InChI=1S/C7H7N.C2H6/c8-6-7-4-2-1-3-5-7;1-2/h2,4-5H,1,3H2;1-2H3. The van der Waals surface area contributed by atoms with Gasteiger partial charge in [-0.3, -0.25) is 0 Å². The third-order valence-electron chi connectivity index (χ3n) is 1.12. The molecule has 0 aromatic heterocycles. The van der Waals surface area contributed by atoms with E-state index >= 15 is 0 Å². The SMILES string of the molecule is CC.N#CC1=CCCC=C1. The van der Waals surface area contributed by atoms with E-state index in [-0.39, 0.29) is 0 Å². The number of hydrogen-bond acceptors (Lipinski definition) is 1. The van der Waals surface area contributed by atoms with Crippen LogP contribution in [0.25, 0.3) is 0 Å². The van der Waals surface area contributed by atoms with E-state index < -0.39 is 0 Å². The maximum atomic E-state index is 8.32. The molecule has 0 fully saturated rings. The monoisotopic (exact) mass is 135 g/mol. The van der Waals surface area contributed by atoms with Gasteiger partial charge in [-0.05, 0) is 18.9 Å². The number of allylic oxidation sites excluding steroid dienone is 4. The third kappa shape index (κ3) is 3.09. The van der Waals surface area contributed by atoms with Crippen LogP contribution < -0.4 is 0 Å². The quantitative estimate of drug-likeness (QED) is 0.501. The van der Waals surface area contributed by atoms with Gasteiger partial charge in [-0.2, -0.15) is 5.26 Å². The molecular formula is C9H13N. The normalized spacial score (nSPS) is 14.3. The Bertz CT molecular complexity index is 170. The molecule has 0 unspecified atom stereocenters. The van der Waals surface area contributed by atoms with Gasteiger partial charge in [0.05, 0.1) is 6.07 Å². The Morgan fingerprint density at radius 3 is 2.40 bits per heavy atom. The smallest absolute Gasteiger partial charge is 0.0988 e. The van der Waals surface area contributed by atoms with E-state index in [4.69, 9.17) is 5.26 Å². The first-order valence-electron chi connectivity index (χ1n) is 3.70. The van der Waals surface area contributed by atoms with Gasteiger partial charge < -0.3 is 0 Å². The van der Waals surface area contributed by atoms with Crippen LogP contribution in [-0.2, 0) is 0 Å². The summed E-state index contributed by atoms with van der Waals surface area (Å²) in [6, 6.07) is 2.08. The van der Waals surface area contributed by atoms with Crippen LogP contribution in [-0.4, -0.2) is 0 Å². The van der Waals surface area contributed by atoms with Crippen molar-refractivity contribution in [1.29, 1.82) is 5.26 Å². The molecule has 1 aliphatic carbocycles. The zero-order valence-corrected chi connectivity index (χ0v) is 6.59. The Kier molecular flexibility index (Phi) is 5.47. The van der Waals surface area contributed by atoms with Gasteiger partial charge in [-0.15, -0.1) is 0 Å². The molecule has 1 nitrogen and oxygen atoms in total. The maximum absolute atomic E-state index is 8.32. The average molecular weight is 135 g/mol. The zero-order valence-electron chi connectivity index (χ0n) is 6.59. The molecule has 0 atom stereocenters. The van der Waals surface area contributed by atoms with Crippen molar-refractivity contribution in [3.63, 3.8) is 0 Å². The van der Waals surface area contributed by atoms with Crippen LogP contribution in [0.1, 0.15) is 26.7 Å². The minimum absolute atomic E-state index is 0.802. The minimum atomic E-state index is 0.802. The molecule has 0 heterocycles. The molecule has 0 bridgehead atoms. The molecule has 0 radical (unpaired) electrons. The fourth-order valence-electron chi connectivity index (χ4n) is 0.696. The van der Waals surface area contributed by atoms with Gasteiger partial charge in [-0.25, -0.2) is 0 Å². The Balaban J connectivity index is 0.000000371. The van der Waals surface area contributed by atoms with Crippen LogP contribution >= 0.6 is 0 Å². The predicted molar refractivity (Wildman–Crippen MR) is 43.4 cm³/mol. The van der Waals surface area contributed by atoms with E-state index in [2.05, 4.69) is 6.07 Å². The molecule has 0 saturated carbocycles. The summed E-state index contributed by atoms with van der Waals surface area (Å²) in [6.07, 6.45) is 7.96. The molecule has 54 valence electrons. The molecule has 1 rings (SSSR count).